The van der Waals surface area contributed by atoms with Crippen LogP contribution in [0.1, 0.15) is 42.6 Å². The molecule has 1 aromatic heterocycles. The quantitative estimate of drug-likeness (QED) is 0.457. The Kier molecular flexibility index (Phi) is 5.23. The molecule has 1 fully saturated rings. The molecule has 0 aliphatic heterocycles. The summed E-state index contributed by atoms with van der Waals surface area (Å²) in [5.41, 5.74) is 3.06. The summed E-state index contributed by atoms with van der Waals surface area (Å²) in [7, 11) is 0. The van der Waals surface area contributed by atoms with Gasteiger partial charge in [0.05, 0.1) is 11.1 Å². The van der Waals surface area contributed by atoms with E-state index in [1.165, 1.54) is 24.5 Å². The molecule has 7 heteroatoms. The van der Waals surface area contributed by atoms with Crippen molar-refractivity contribution >= 4 is 11.9 Å². The molecular formula is C16H20FN5O. The van der Waals surface area contributed by atoms with E-state index < -0.39 is 5.91 Å². The molecule has 122 valence electrons. The summed E-state index contributed by atoms with van der Waals surface area (Å²) in [5, 5.41) is 3.24. The summed E-state index contributed by atoms with van der Waals surface area (Å²) in [6.45, 7) is 4.00. The third-order valence-electron chi connectivity index (χ3n) is 3.54. The van der Waals surface area contributed by atoms with Crippen LogP contribution in [-0.2, 0) is 5.54 Å². The molecule has 0 saturated heterocycles. The largest absolute Gasteiger partial charge is 0.345 e. The number of nitrogens with zero attached hydrogens (tertiary/aromatic N) is 2. The normalized spacial score (nSPS) is 14.3. The lowest BCUT2D eigenvalue weighted by molar-refractivity contribution is 0.0953. The molecule has 1 aromatic carbocycles. The minimum atomic E-state index is -0.443. The zero-order valence-corrected chi connectivity index (χ0v) is 13.1. The van der Waals surface area contributed by atoms with Crippen molar-refractivity contribution < 1.29 is 9.18 Å². The molecule has 0 spiro atoms. The zero-order chi connectivity index (χ0) is 16.9. The number of carbonyl (C=O) groups is 1. The van der Waals surface area contributed by atoms with E-state index in [-0.39, 0.29) is 16.9 Å². The smallest absolute Gasteiger partial charge is 0.268 e. The van der Waals surface area contributed by atoms with Gasteiger partial charge in [-0.25, -0.2) is 20.2 Å². The second-order valence-corrected chi connectivity index (χ2v) is 4.98. The Morgan fingerprint density at radius 3 is 2.22 bits per heavy atom. The van der Waals surface area contributed by atoms with Crippen molar-refractivity contribution in [3.8, 4) is 0 Å². The number of benzene rings is 1. The van der Waals surface area contributed by atoms with Crippen LogP contribution in [0.2, 0.25) is 0 Å². The highest BCUT2D eigenvalue weighted by atomic mass is 19.1. The molecule has 2 aromatic rings. The topological polar surface area (TPSA) is 92.9 Å². The van der Waals surface area contributed by atoms with Crippen molar-refractivity contribution in [2.24, 2.45) is 5.84 Å². The highest BCUT2D eigenvalue weighted by molar-refractivity contribution is 5.93. The zero-order valence-electron chi connectivity index (χ0n) is 13.1. The van der Waals surface area contributed by atoms with Gasteiger partial charge in [0.1, 0.15) is 5.82 Å². The second kappa shape index (κ2) is 7.15. The molecule has 1 saturated carbocycles. The first-order valence-electron chi connectivity index (χ1n) is 7.50. The van der Waals surface area contributed by atoms with Crippen molar-refractivity contribution in [1.82, 2.24) is 15.4 Å². The van der Waals surface area contributed by atoms with Gasteiger partial charge in [-0.15, -0.1) is 0 Å². The van der Waals surface area contributed by atoms with E-state index in [0.717, 1.165) is 18.4 Å². The number of nitrogens with two attached hydrogens (primary N) is 1. The van der Waals surface area contributed by atoms with E-state index in [1.54, 1.807) is 12.1 Å². The number of carbonyl (C=O) groups excluding carboxylic acids is 1. The van der Waals surface area contributed by atoms with Crippen LogP contribution in [-0.4, -0.2) is 15.9 Å². The van der Waals surface area contributed by atoms with Gasteiger partial charge in [0.25, 0.3) is 5.91 Å². The number of nitrogens with one attached hydrogen (secondary N) is 2. The SMILES string of the molecule is CC.NNC(=O)c1cnc(NC2(c3ccc(F)cc3)CC2)nc1. The van der Waals surface area contributed by atoms with Crippen molar-refractivity contribution in [3.63, 3.8) is 0 Å². The van der Waals surface area contributed by atoms with E-state index in [2.05, 4.69) is 15.3 Å². The van der Waals surface area contributed by atoms with Gasteiger partial charge < -0.3 is 5.32 Å². The van der Waals surface area contributed by atoms with Gasteiger partial charge >= 0.3 is 0 Å². The van der Waals surface area contributed by atoms with Crippen molar-refractivity contribution in [1.29, 1.82) is 0 Å². The number of halogens is 1. The van der Waals surface area contributed by atoms with Gasteiger partial charge in [-0.1, -0.05) is 26.0 Å². The van der Waals surface area contributed by atoms with Crippen molar-refractivity contribution in [2.45, 2.75) is 32.2 Å². The molecule has 3 rings (SSSR count). The number of hydrogen-bond donors (Lipinski definition) is 3. The van der Waals surface area contributed by atoms with Crippen molar-refractivity contribution in [3.05, 3.63) is 53.6 Å². The molecule has 23 heavy (non-hydrogen) atoms. The second-order valence-electron chi connectivity index (χ2n) is 4.98. The van der Waals surface area contributed by atoms with Crippen LogP contribution < -0.4 is 16.6 Å². The fourth-order valence-electron chi connectivity index (χ4n) is 2.19. The summed E-state index contributed by atoms with van der Waals surface area (Å²) < 4.78 is 13.0. The average Bonchev–Trinajstić information content (AvgIpc) is 3.38. The maximum absolute atomic E-state index is 13.0. The Bertz CT molecular complexity index is 653. The number of amides is 1. The first kappa shape index (κ1) is 16.8. The number of nitrogen functional groups attached to an aromatic ring is 1. The standard InChI is InChI=1S/C14H14FN5O.C2H6/c15-11-3-1-10(2-4-11)14(5-6-14)19-13-17-7-9(8-18-13)12(21)20-16;1-2/h1-4,7-8H,5-6,16H2,(H,20,21)(H,17,18,19);1-2H3. The maximum Gasteiger partial charge on any atom is 0.268 e. The molecule has 1 heterocycles. The van der Waals surface area contributed by atoms with Gasteiger partial charge in [0, 0.05) is 12.4 Å². The lowest BCUT2D eigenvalue weighted by Gasteiger charge is -2.17. The Labute approximate surface area is 134 Å². The van der Waals surface area contributed by atoms with Gasteiger partial charge in [-0.2, -0.15) is 0 Å². The summed E-state index contributed by atoms with van der Waals surface area (Å²) in [6.07, 6.45) is 4.65. The van der Waals surface area contributed by atoms with Gasteiger partial charge in [-0.05, 0) is 30.5 Å². The molecule has 4 N–H and O–H groups in total. The molecule has 0 unspecified atom stereocenters. The summed E-state index contributed by atoms with van der Waals surface area (Å²) in [6, 6.07) is 6.39. The van der Waals surface area contributed by atoms with Crippen molar-refractivity contribution in [2.75, 3.05) is 5.32 Å². The molecule has 0 bridgehead atoms. The molecule has 0 atom stereocenters. The maximum atomic E-state index is 13.0. The van der Waals surface area contributed by atoms with Gasteiger partial charge in [0.2, 0.25) is 5.95 Å². The lowest BCUT2D eigenvalue weighted by atomic mass is 10.1. The predicted molar refractivity (Wildman–Crippen MR) is 86.0 cm³/mol. The van der Waals surface area contributed by atoms with E-state index in [4.69, 9.17) is 5.84 Å². The number of hydrogen-bond acceptors (Lipinski definition) is 5. The number of anilines is 1. The Balaban J connectivity index is 0.000000924. The first-order valence-corrected chi connectivity index (χ1v) is 7.50. The van der Waals surface area contributed by atoms with Crippen LogP contribution in [0.15, 0.2) is 36.7 Å². The minimum absolute atomic E-state index is 0.245. The summed E-state index contributed by atoms with van der Waals surface area (Å²) in [4.78, 5) is 19.5. The molecular weight excluding hydrogens is 297 g/mol. The monoisotopic (exact) mass is 317 g/mol. The summed E-state index contributed by atoms with van der Waals surface area (Å²) in [5.74, 6) is 4.76. The van der Waals surface area contributed by atoms with Crippen LogP contribution in [0.3, 0.4) is 0 Å². The molecule has 1 aliphatic carbocycles. The highest BCUT2D eigenvalue weighted by Crippen LogP contribution is 2.47. The molecule has 6 nitrogen and oxygen atoms in total. The predicted octanol–water partition coefficient (Wildman–Crippen LogP) is 2.35. The van der Waals surface area contributed by atoms with Crippen LogP contribution in [0.5, 0.6) is 0 Å². The van der Waals surface area contributed by atoms with E-state index in [1.807, 2.05) is 19.3 Å². The summed E-state index contributed by atoms with van der Waals surface area (Å²) >= 11 is 0. The first-order chi connectivity index (χ1) is 11.1. The van der Waals surface area contributed by atoms with E-state index in [0.29, 0.717) is 5.95 Å². The van der Waals surface area contributed by atoms with Gasteiger partial charge in [-0.3, -0.25) is 10.2 Å². The number of rotatable bonds is 4. The molecule has 1 aliphatic rings. The number of hydrazine groups is 1. The van der Waals surface area contributed by atoms with Gasteiger partial charge in [0.15, 0.2) is 0 Å². The average molecular weight is 317 g/mol. The van der Waals surface area contributed by atoms with Crippen LogP contribution in [0.4, 0.5) is 10.3 Å². The van der Waals surface area contributed by atoms with Crippen LogP contribution >= 0.6 is 0 Å². The molecule has 1 amide bonds. The third kappa shape index (κ3) is 3.81. The Hall–Kier alpha value is -2.54. The van der Waals surface area contributed by atoms with E-state index in [9.17, 15) is 9.18 Å². The fraction of sp³-hybridized carbons (Fsp3) is 0.312. The van der Waals surface area contributed by atoms with Crippen LogP contribution in [0.25, 0.3) is 0 Å². The Morgan fingerprint density at radius 2 is 1.74 bits per heavy atom. The third-order valence-corrected chi connectivity index (χ3v) is 3.54. The van der Waals surface area contributed by atoms with Crippen LogP contribution in [0, 0.1) is 5.82 Å². The fourth-order valence-corrected chi connectivity index (χ4v) is 2.19. The lowest BCUT2D eigenvalue weighted by Crippen LogP contribution is -2.30. The Morgan fingerprint density at radius 1 is 1.17 bits per heavy atom. The minimum Gasteiger partial charge on any atom is -0.345 e. The highest BCUT2D eigenvalue weighted by Gasteiger charge is 2.44. The number of aromatic nitrogens is 2. The molecule has 0 radical (unpaired) electrons. The van der Waals surface area contributed by atoms with E-state index >= 15 is 0 Å².